The molecule has 0 fully saturated rings. The van der Waals surface area contributed by atoms with E-state index >= 15 is 0 Å². The molecule has 1 N–H and O–H groups in total. The molecule has 2 aromatic carbocycles. The van der Waals surface area contributed by atoms with E-state index in [1.165, 1.54) is 0 Å². The van der Waals surface area contributed by atoms with Crippen molar-refractivity contribution in [1.29, 1.82) is 0 Å². The molecule has 0 radical (unpaired) electrons. The van der Waals surface area contributed by atoms with Gasteiger partial charge in [-0.3, -0.25) is 14.7 Å². The van der Waals surface area contributed by atoms with Gasteiger partial charge in [-0.05, 0) is 24.3 Å². The van der Waals surface area contributed by atoms with Crippen molar-refractivity contribution < 1.29 is 4.79 Å². The number of carbonyl (C=O) groups is 1. The van der Waals surface area contributed by atoms with Crippen molar-refractivity contribution in [1.82, 2.24) is 9.88 Å². The minimum atomic E-state index is -0.220. The SMILES string of the molecule is O=C(c1ccc2ccccc2n1)N1CCN=C1Nc1c(Cl)cccc1Cl. The lowest BCUT2D eigenvalue weighted by Gasteiger charge is -2.20. The summed E-state index contributed by atoms with van der Waals surface area (Å²) < 4.78 is 0. The number of nitrogens with zero attached hydrogens (tertiary/aromatic N) is 3. The number of aliphatic imine (C=N–C) groups is 1. The number of fused-ring (bicyclic) bond motifs is 1. The number of carbonyl (C=O) groups excluding carboxylic acids is 1. The van der Waals surface area contributed by atoms with Crippen LogP contribution >= 0.6 is 23.2 Å². The lowest BCUT2D eigenvalue weighted by atomic mass is 10.2. The average molecular weight is 385 g/mol. The second kappa shape index (κ2) is 6.94. The molecule has 130 valence electrons. The van der Waals surface area contributed by atoms with Crippen molar-refractivity contribution in [2.24, 2.45) is 4.99 Å². The summed E-state index contributed by atoms with van der Waals surface area (Å²) >= 11 is 12.4. The molecule has 1 aliphatic rings. The first-order valence-corrected chi connectivity index (χ1v) is 8.82. The quantitative estimate of drug-likeness (QED) is 0.709. The van der Waals surface area contributed by atoms with E-state index in [-0.39, 0.29) is 5.91 Å². The molecule has 7 heteroatoms. The van der Waals surface area contributed by atoms with Crippen molar-refractivity contribution in [3.8, 4) is 0 Å². The molecule has 0 saturated heterocycles. The summed E-state index contributed by atoms with van der Waals surface area (Å²) in [5.74, 6) is 0.197. The first-order chi connectivity index (χ1) is 12.6. The Balaban J connectivity index is 1.62. The zero-order chi connectivity index (χ0) is 18.1. The van der Waals surface area contributed by atoms with Crippen LogP contribution in [0.4, 0.5) is 5.69 Å². The molecular formula is C19H14Cl2N4O. The Morgan fingerprint density at radius 3 is 2.58 bits per heavy atom. The summed E-state index contributed by atoms with van der Waals surface area (Å²) in [4.78, 5) is 23.3. The Bertz CT molecular complexity index is 1010. The lowest BCUT2D eigenvalue weighted by Crippen LogP contribution is -2.38. The van der Waals surface area contributed by atoms with Crippen molar-refractivity contribution in [2.75, 3.05) is 18.4 Å². The van der Waals surface area contributed by atoms with Crippen LogP contribution in [0.2, 0.25) is 10.0 Å². The summed E-state index contributed by atoms with van der Waals surface area (Å²) in [6.45, 7) is 0.974. The van der Waals surface area contributed by atoms with E-state index < -0.39 is 0 Å². The van der Waals surface area contributed by atoms with E-state index in [9.17, 15) is 4.79 Å². The zero-order valence-electron chi connectivity index (χ0n) is 13.6. The van der Waals surface area contributed by atoms with Crippen LogP contribution in [0.5, 0.6) is 0 Å². The molecule has 3 aromatic rings. The fourth-order valence-electron chi connectivity index (χ4n) is 2.80. The first-order valence-electron chi connectivity index (χ1n) is 8.06. The number of halogens is 2. The average Bonchev–Trinajstić information content (AvgIpc) is 3.12. The highest BCUT2D eigenvalue weighted by Crippen LogP contribution is 2.30. The molecule has 0 unspecified atom stereocenters. The maximum Gasteiger partial charge on any atom is 0.279 e. The number of amides is 1. The molecule has 0 spiro atoms. The van der Waals surface area contributed by atoms with Gasteiger partial charge >= 0.3 is 0 Å². The van der Waals surface area contributed by atoms with Crippen LogP contribution in [-0.4, -0.2) is 34.8 Å². The standard InChI is InChI=1S/C19H14Cl2N4O/c20-13-5-3-6-14(21)17(13)24-19-22-10-11-25(19)18(26)16-9-8-12-4-1-2-7-15(12)23-16/h1-9H,10-11H2,(H,22,24). The van der Waals surface area contributed by atoms with Crippen LogP contribution in [0.25, 0.3) is 10.9 Å². The maximum atomic E-state index is 12.9. The Morgan fingerprint density at radius 1 is 1.00 bits per heavy atom. The normalized spacial score (nSPS) is 13.8. The Labute approximate surface area is 160 Å². The number of nitrogens with one attached hydrogen (secondary N) is 1. The van der Waals surface area contributed by atoms with Crippen LogP contribution in [0.1, 0.15) is 10.5 Å². The first kappa shape index (κ1) is 16.8. The molecule has 1 aliphatic heterocycles. The third-order valence-corrected chi connectivity index (χ3v) is 4.73. The van der Waals surface area contributed by atoms with Crippen molar-refractivity contribution in [2.45, 2.75) is 0 Å². The highest BCUT2D eigenvalue weighted by atomic mass is 35.5. The second-order valence-electron chi connectivity index (χ2n) is 5.77. The van der Waals surface area contributed by atoms with Crippen molar-refractivity contribution in [3.63, 3.8) is 0 Å². The number of hydrogen-bond acceptors (Lipinski definition) is 4. The number of hydrogen-bond donors (Lipinski definition) is 1. The van der Waals surface area contributed by atoms with Gasteiger partial charge in [-0.25, -0.2) is 4.98 Å². The van der Waals surface area contributed by atoms with Gasteiger partial charge in [-0.1, -0.05) is 53.5 Å². The van der Waals surface area contributed by atoms with Crippen LogP contribution in [0, 0.1) is 0 Å². The second-order valence-corrected chi connectivity index (χ2v) is 6.59. The van der Waals surface area contributed by atoms with Gasteiger partial charge < -0.3 is 5.32 Å². The number of anilines is 1. The number of benzene rings is 2. The largest absolute Gasteiger partial charge is 0.323 e. The summed E-state index contributed by atoms with van der Waals surface area (Å²) in [5, 5.41) is 4.99. The third kappa shape index (κ3) is 3.11. The van der Waals surface area contributed by atoms with Gasteiger partial charge in [0.25, 0.3) is 5.91 Å². The molecule has 26 heavy (non-hydrogen) atoms. The Hall–Kier alpha value is -2.63. The molecule has 0 atom stereocenters. The van der Waals surface area contributed by atoms with Gasteiger partial charge in [0.1, 0.15) is 5.69 Å². The Kier molecular flexibility index (Phi) is 4.49. The van der Waals surface area contributed by atoms with Crippen LogP contribution in [-0.2, 0) is 0 Å². The molecule has 5 nitrogen and oxygen atoms in total. The number of pyridine rings is 1. The lowest BCUT2D eigenvalue weighted by molar-refractivity contribution is 0.0852. The van der Waals surface area contributed by atoms with Gasteiger partial charge in [0.15, 0.2) is 0 Å². The topological polar surface area (TPSA) is 57.6 Å². The molecule has 1 aromatic heterocycles. The third-order valence-electron chi connectivity index (χ3n) is 4.10. The van der Waals surface area contributed by atoms with Gasteiger partial charge in [0.05, 0.1) is 27.8 Å². The van der Waals surface area contributed by atoms with Crippen molar-refractivity contribution >= 4 is 51.7 Å². The monoisotopic (exact) mass is 384 g/mol. The van der Waals surface area contributed by atoms with E-state index in [2.05, 4.69) is 15.3 Å². The van der Waals surface area contributed by atoms with Gasteiger partial charge in [-0.2, -0.15) is 0 Å². The molecule has 4 rings (SSSR count). The summed E-state index contributed by atoms with van der Waals surface area (Å²) in [5.41, 5.74) is 1.67. The number of guanidine groups is 1. The Morgan fingerprint density at radius 2 is 1.77 bits per heavy atom. The minimum absolute atomic E-state index is 0.220. The van der Waals surface area contributed by atoms with E-state index in [1.54, 1.807) is 29.2 Å². The van der Waals surface area contributed by atoms with E-state index in [0.717, 1.165) is 10.9 Å². The molecule has 1 amide bonds. The summed E-state index contributed by atoms with van der Waals surface area (Å²) in [7, 11) is 0. The predicted molar refractivity (Wildman–Crippen MR) is 105 cm³/mol. The summed E-state index contributed by atoms with van der Waals surface area (Å²) in [6.07, 6.45) is 0. The number of rotatable bonds is 2. The van der Waals surface area contributed by atoms with Crippen LogP contribution in [0.3, 0.4) is 0 Å². The molecule has 0 saturated carbocycles. The summed E-state index contributed by atoms with van der Waals surface area (Å²) in [6, 6.07) is 16.5. The minimum Gasteiger partial charge on any atom is -0.323 e. The predicted octanol–water partition coefficient (Wildman–Crippen LogP) is 4.47. The number of para-hydroxylation sites is 2. The van der Waals surface area contributed by atoms with E-state index in [0.29, 0.717) is 40.5 Å². The molecule has 0 bridgehead atoms. The van der Waals surface area contributed by atoms with E-state index in [4.69, 9.17) is 23.2 Å². The van der Waals surface area contributed by atoms with Crippen LogP contribution in [0.15, 0.2) is 59.6 Å². The maximum absolute atomic E-state index is 12.9. The fourth-order valence-corrected chi connectivity index (χ4v) is 3.30. The fraction of sp³-hybridized carbons (Fsp3) is 0.105. The molecule has 0 aliphatic carbocycles. The van der Waals surface area contributed by atoms with Crippen molar-refractivity contribution in [3.05, 3.63) is 70.3 Å². The molecular weight excluding hydrogens is 371 g/mol. The van der Waals surface area contributed by atoms with E-state index in [1.807, 2.05) is 30.3 Å². The smallest absolute Gasteiger partial charge is 0.279 e. The number of aromatic nitrogens is 1. The zero-order valence-corrected chi connectivity index (χ0v) is 15.1. The van der Waals surface area contributed by atoms with Gasteiger partial charge in [0, 0.05) is 11.9 Å². The van der Waals surface area contributed by atoms with Gasteiger partial charge in [-0.15, -0.1) is 0 Å². The highest BCUT2D eigenvalue weighted by Gasteiger charge is 2.27. The van der Waals surface area contributed by atoms with Crippen LogP contribution < -0.4 is 5.32 Å². The highest BCUT2D eigenvalue weighted by molar-refractivity contribution is 6.40. The van der Waals surface area contributed by atoms with Gasteiger partial charge in [0.2, 0.25) is 5.96 Å². The molecule has 2 heterocycles.